The Morgan fingerprint density at radius 2 is 2.13 bits per heavy atom. The predicted molar refractivity (Wildman–Crippen MR) is 62.3 cm³/mol. The number of hydrogen-bond acceptors (Lipinski definition) is 3. The van der Waals surface area contributed by atoms with Gasteiger partial charge in [0.15, 0.2) is 10.2 Å². The zero-order valence-electron chi connectivity index (χ0n) is 7.61. The summed E-state index contributed by atoms with van der Waals surface area (Å²) in [5, 5.41) is 2.97. The van der Waals surface area contributed by atoms with Crippen LogP contribution in [0, 0.1) is 0 Å². The number of aromatic nitrogens is 1. The van der Waals surface area contributed by atoms with Crippen LogP contribution >= 0.6 is 22.9 Å². The first-order valence-corrected chi connectivity index (χ1v) is 5.69. The monoisotopic (exact) mass is 235 g/mol. The van der Waals surface area contributed by atoms with E-state index < -0.39 is 0 Å². The zero-order valence-corrected chi connectivity index (χ0v) is 9.18. The van der Waals surface area contributed by atoms with E-state index in [1.807, 2.05) is 35.7 Å². The van der Waals surface area contributed by atoms with Crippen molar-refractivity contribution in [2.75, 3.05) is 0 Å². The minimum absolute atomic E-state index is 0.533. The smallest absolute Gasteiger partial charge is 0.184 e. The average molecular weight is 236 g/mol. The molecule has 0 unspecified atom stereocenters. The van der Waals surface area contributed by atoms with Crippen molar-refractivity contribution in [1.82, 2.24) is 4.98 Å². The number of rotatable bonds is 1. The molecule has 0 fully saturated rings. The molecule has 2 aromatic heterocycles. The molecule has 3 rings (SSSR count). The van der Waals surface area contributed by atoms with Crippen LogP contribution in [0.5, 0.6) is 0 Å². The summed E-state index contributed by atoms with van der Waals surface area (Å²) < 4.78 is 6.19. The van der Waals surface area contributed by atoms with Crippen LogP contribution in [0.1, 0.15) is 0 Å². The molecule has 0 radical (unpaired) electrons. The van der Waals surface area contributed by atoms with Gasteiger partial charge < -0.3 is 4.42 Å². The van der Waals surface area contributed by atoms with Gasteiger partial charge in [-0.05, 0) is 12.1 Å². The summed E-state index contributed by atoms with van der Waals surface area (Å²) in [6.45, 7) is 0. The number of halogens is 1. The highest BCUT2D eigenvalue weighted by molar-refractivity contribution is 7.14. The van der Waals surface area contributed by atoms with Crippen molar-refractivity contribution in [1.29, 1.82) is 0 Å². The molecule has 0 spiro atoms. The van der Waals surface area contributed by atoms with Crippen LogP contribution in [-0.2, 0) is 0 Å². The summed E-state index contributed by atoms with van der Waals surface area (Å²) in [7, 11) is 0. The molecule has 15 heavy (non-hydrogen) atoms. The fourth-order valence-electron chi connectivity index (χ4n) is 1.47. The van der Waals surface area contributed by atoms with E-state index in [9.17, 15) is 0 Å². The summed E-state index contributed by atoms with van der Waals surface area (Å²) >= 11 is 7.18. The highest BCUT2D eigenvalue weighted by Gasteiger charge is 2.08. The maximum absolute atomic E-state index is 5.77. The van der Waals surface area contributed by atoms with E-state index in [1.54, 1.807) is 0 Å². The Kier molecular flexibility index (Phi) is 2.01. The summed E-state index contributed by atoms with van der Waals surface area (Å²) in [6.07, 6.45) is 0. The van der Waals surface area contributed by atoms with E-state index in [4.69, 9.17) is 16.0 Å². The number of thiazole rings is 1. The Morgan fingerprint density at radius 3 is 2.87 bits per heavy atom. The fraction of sp³-hybridized carbons (Fsp3) is 0. The lowest BCUT2D eigenvalue weighted by Crippen LogP contribution is -1.69. The Balaban J connectivity index is 2.19. The number of furan rings is 1. The van der Waals surface area contributed by atoms with Crippen molar-refractivity contribution in [3.05, 3.63) is 40.2 Å². The van der Waals surface area contributed by atoms with Gasteiger partial charge in [0.2, 0.25) is 0 Å². The molecule has 0 atom stereocenters. The summed E-state index contributed by atoms with van der Waals surface area (Å²) in [4.78, 5) is 4.17. The van der Waals surface area contributed by atoms with Gasteiger partial charge in [-0.1, -0.05) is 29.8 Å². The Morgan fingerprint density at radius 1 is 1.27 bits per heavy atom. The molecule has 0 aliphatic heterocycles. The molecule has 1 aromatic carbocycles. The first-order valence-electron chi connectivity index (χ1n) is 4.43. The Labute approximate surface area is 95.1 Å². The molecule has 0 bridgehead atoms. The first-order chi connectivity index (χ1) is 7.33. The van der Waals surface area contributed by atoms with Crippen LogP contribution < -0.4 is 0 Å². The molecule has 2 nitrogen and oxygen atoms in total. The molecule has 74 valence electrons. The van der Waals surface area contributed by atoms with Crippen molar-refractivity contribution >= 4 is 33.9 Å². The standard InChI is InChI=1S/C11H6ClNOS/c12-11-13-8(6-15-11)10-5-7-3-1-2-4-9(7)14-10/h1-6H. The molecular weight excluding hydrogens is 230 g/mol. The molecule has 4 heteroatoms. The van der Waals surface area contributed by atoms with E-state index in [0.29, 0.717) is 4.47 Å². The number of benzene rings is 1. The minimum atomic E-state index is 0.533. The van der Waals surface area contributed by atoms with Gasteiger partial charge in [-0.3, -0.25) is 0 Å². The van der Waals surface area contributed by atoms with Crippen molar-refractivity contribution in [2.24, 2.45) is 0 Å². The highest BCUT2D eigenvalue weighted by atomic mass is 35.5. The van der Waals surface area contributed by atoms with Gasteiger partial charge in [0.1, 0.15) is 11.3 Å². The lowest BCUT2D eigenvalue weighted by atomic mass is 10.2. The van der Waals surface area contributed by atoms with E-state index in [-0.39, 0.29) is 0 Å². The lowest BCUT2D eigenvalue weighted by Gasteiger charge is -1.86. The summed E-state index contributed by atoms with van der Waals surface area (Å²) in [6, 6.07) is 9.85. The SMILES string of the molecule is Clc1nc(-c2cc3ccccc3o2)cs1. The van der Waals surface area contributed by atoms with Crippen LogP contribution in [0.4, 0.5) is 0 Å². The Hall–Kier alpha value is -1.32. The lowest BCUT2D eigenvalue weighted by molar-refractivity contribution is 0.629. The second-order valence-electron chi connectivity index (χ2n) is 3.13. The molecule has 0 saturated heterocycles. The van der Waals surface area contributed by atoms with Crippen LogP contribution in [0.2, 0.25) is 4.47 Å². The van der Waals surface area contributed by atoms with Gasteiger partial charge in [-0.15, -0.1) is 11.3 Å². The van der Waals surface area contributed by atoms with Crippen molar-refractivity contribution < 1.29 is 4.42 Å². The van der Waals surface area contributed by atoms with Gasteiger partial charge in [0.25, 0.3) is 0 Å². The summed E-state index contributed by atoms with van der Waals surface area (Å²) in [5.74, 6) is 0.763. The van der Waals surface area contributed by atoms with Crippen LogP contribution in [0.15, 0.2) is 40.1 Å². The third kappa shape index (κ3) is 1.54. The van der Waals surface area contributed by atoms with E-state index in [2.05, 4.69) is 4.98 Å². The molecule has 0 saturated carbocycles. The van der Waals surface area contributed by atoms with Crippen molar-refractivity contribution in [2.45, 2.75) is 0 Å². The number of para-hydroxylation sites is 1. The fourth-order valence-corrected chi connectivity index (χ4v) is 2.23. The number of nitrogens with zero attached hydrogens (tertiary/aromatic N) is 1. The van der Waals surface area contributed by atoms with Crippen LogP contribution in [0.3, 0.4) is 0 Å². The molecule has 0 aliphatic carbocycles. The molecular formula is C11H6ClNOS. The largest absolute Gasteiger partial charge is 0.454 e. The minimum Gasteiger partial charge on any atom is -0.454 e. The van der Waals surface area contributed by atoms with Crippen LogP contribution in [0.25, 0.3) is 22.4 Å². The molecule has 0 amide bonds. The molecule has 0 N–H and O–H groups in total. The third-order valence-electron chi connectivity index (χ3n) is 2.15. The van der Waals surface area contributed by atoms with Gasteiger partial charge in [0, 0.05) is 10.8 Å². The van der Waals surface area contributed by atoms with Gasteiger partial charge >= 0.3 is 0 Å². The molecule has 0 aliphatic rings. The average Bonchev–Trinajstić information content (AvgIpc) is 2.82. The second-order valence-corrected chi connectivity index (χ2v) is 4.57. The molecule has 2 heterocycles. The normalized spacial score (nSPS) is 11.0. The van der Waals surface area contributed by atoms with E-state index in [1.165, 1.54) is 11.3 Å². The van der Waals surface area contributed by atoms with Crippen LogP contribution in [-0.4, -0.2) is 4.98 Å². The van der Waals surface area contributed by atoms with E-state index in [0.717, 1.165) is 22.4 Å². The zero-order chi connectivity index (χ0) is 10.3. The van der Waals surface area contributed by atoms with Crippen molar-refractivity contribution in [3.63, 3.8) is 0 Å². The Bertz CT molecular complexity index is 581. The van der Waals surface area contributed by atoms with E-state index >= 15 is 0 Å². The quantitative estimate of drug-likeness (QED) is 0.632. The first kappa shape index (κ1) is 8.95. The maximum Gasteiger partial charge on any atom is 0.184 e. The topological polar surface area (TPSA) is 26.0 Å². The third-order valence-corrected chi connectivity index (χ3v) is 3.13. The molecule has 3 aromatic rings. The van der Waals surface area contributed by atoms with Gasteiger partial charge in [-0.25, -0.2) is 4.98 Å². The predicted octanol–water partition coefficient (Wildman–Crippen LogP) is 4.21. The number of hydrogen-bond donors (Lipinski definition) is 0. The van der Waals surface area contributed by atoms with Gasteiger partial charge in [0.05, 0.1) is 0 Å². The summed E-state index contributed by atoms with van der Waals surface area (Å²) in [5.41, 5.74) is 1.66. The maximum atomic E-state index is 5.77. The highest BCUT2D eigenvalue weighted by Crippen LogP contribution is 2.29. The second kappa shape index (κ2) is 3.36. The number of fused-ring (bicyclic) bond motifs is 1. The van der Waals surface area contributed by atoms with Crippen molar-refractivity contribution in [3.8, 4) is 11.5 Å². The van der Waals surface area contributed by atoms with Gasteiger partial charge in [-0.2, -0.15) is 0 Å².